The fourth-order valence-corrected chi connectivity index (χ4v) is 5.96. The first-order chi connectivity index (χ1) is 22.7. The van der Waals surface area contributed by atoms with Crippen LogP contribution in [0.5, 0.6) is 17.2 Å². The fourth-order valence-electron chi connectivity index (χ4n) is 5.19. The van der Waals surface area contributed by atoms with E-state index in [-0.39, 0.29) is 25.5 Å². The number of methoxy groups -OCH3 is 2. The van der Waals surface area contributed by atoms with Gasteiger partial charge in [0, 0.05) is 57.7 Å². The quantitative estimate of drug-likeness (QED) is 0.0958. The molecule has 0 aliphatic carbocycles. The van der Waals surface area contributed by atoms with Crippen LogP contribution < -0.4 is 25.1 Å². The minimum absolute atomic E-state index is 0.0441. The van der Waals surface area contributed by atoms with Crippen LogP contribution in [-0.4, -0.2) is 49.9 Å². The predicted molar refractivity (Wildman–Crippen MR) is 186 cm³/mol. The van der Waals surface area contributed by atoms with E-state index in [1.165, 1.54) is 0 Å². The minimum Gasteiger partial charge on any atom is -0.497 e. The number of nitrogens with zero attached hydrogens (tertiary/aromatic N) is 1. The lowest BCUT2D eigenvalue weighted by molar-refractivity contribution is -0.130. The summed E-state index contributed by atoms with van der Waals surface area (Å²) in [4.78, 5) is 19.5. The molecule has 9 nitrogen and oxygen atoms in total. The average molecular weight is 743 g/mol. The van der Waals surface area contributed by atoms with E-state index in [1.807, 2.05) is 48.5 Å². The summed E-state index contributed by atoms with van der Waals surface area (Å²) in [5, 5.41) is 9.87. The van der Waals surface area contributed by atoms with Gasteiger partial charge in [-0.25, -0.2) is 10.4 Å². The van der Waals surface area contributed by atoms with Gasteiger partial charge in [-0.3, -0.25) is 10.2 Å². The molecule has 4 aromatic carbocycles. The molecule has 246 valence electrons. The molecule has 0 saturated heterocycles. The molecule has 0 radical (unpaired) electrons. The van der Waals surface area contributed by atoms with E-state index in [2.05, 4.69) is 26.8 Å². The van der Waals surface area contributed by atoms with Gasteiger partial charge in [0.25, 0.3) is 5.91 Å². The number of carbonyl (C=O) groups excluding carboxylic acids is 1. The van der Waals surface area contributed by atoms with Crippen LogP contribution in [0.15, 0.2) is 94.4 Å². The van der Waals surface area contributed by atoms with Crippen molar-refractivity contribution in [3.05, 3.63) is 122 Å². The highest BCUT2D eigenvalue weighted by atomic mass is 79.9. The highest BCUT2D eigenvalue weighted by molar-refractivity contribution is 9.10. The van der Waals surface area contributed by atoms with Gasteiger partial charge in [-0.05, 0) is 71.8 Å². The number of halogens is 3. The first kappa shape index (κ1) is 34.5. The fraction of sp³-hybridized carbons (Fsp3) is 0.257. The maximum Gasteiger partial charge on any atom is 0.266 e. The Morgan fingerprint density at radius 3 is 2.28 bits per heavy atom. The Labute approximate surface area is 291 Å². The van der Waals surface area contributed by atoms with Gasteiger partial charge in [-0.15, -0.1) is 0 Å². The van der Waals surface area contributed by atoms with Crippen molar-refractivity contribution < 1.29 is 28.8 Å². The Balaban J connectivity index is 1.52. The highest BCUT2D eigenvalue weighted by Crippen LogP contribution is 2.45. The number of aliphatic imine (C=N–C) groups is 1. The van der Waals surface area contributed by atoms with Gasteiger partial charge in [0.05, 0.1) is 20.8 Å². The Morgan fingerprint density at radius 2 is 1.64 bits per heavy atom. The molecule has 47 heavy (non-hydrogen) atoms. The van der Waals surface area contributed by atoms with Crippen LogP contribution in [0.2, 0.25) is 10.0 Å². The van der Waals surface area contributed by atoms with Crippen molar-refractivity contribution in [1.29, 1.82) is 0 Å². The van der Waals surface area contributed by atoms with Crippen LogP contribution in [0.4, 0.5) is 0 Å². The summed E-state index contributed by atoms with van der Waals surface area (Å²) in [5.41, 5.74) is 7.34. The van der Waals surface area contributed by atoms with E-state index in [1.54, 1.807) is 50.6 Å². The normalized spacial score (nSPS) is 17.1. The summed E-state index contributed by atoms with van der Waals surface area (Å²) < 4.78 is 24.0. The molecule has 1 aliphatic rings. The topological polar surface area (TPSA) is 111 Å². The zero-order valence-electron chi connectivity index (χ0n) is 25.8. The molecule has 2 atom stereocenters. The average Bonchev–Trinajstić information content (AvgIpc) is 3.46. The van der Waals surface area contributed by atoms with Gasteiger partial charge in [-0.1, -0.05) is 57.3 Å². The number of aliphatic hydroxyl groups excluding tert-OH is 1. The number of nitrogens with one attached hydrogen (secondary N) is 2. The van der Waals surface area contributed by atoms with Crippen molar-refractivity contribution in [2.75, 3.05) is 27.4 Å². The first-order valence-electron chi connectivity index (χ1n) is 14.8. The molecule has 0 spiro atoms. The lowest BCUT2D eigenvalue weighted by Crippen LogP contribution is -2.53. The number of ether oxygens (including phenoxy) is 4. The number of hydrazine groups is 1. The van der Waals surface area contributed by atoms with E-state index in [0.717, 1.165) is 15.6 Å². The van der Waals surface area contributed by atoms with Crippen molar-refractivity contribution in [1.82, 2.24) is 10.9 Å². The Morgan fingerprint density at radius 1 is 0.936 bits per heavy atom. The van der Waals surface area contributed by atoms with Crippen molar-refractivity contribution in [2.45, 2.75) is 31.0 Å². The van der Waals surface area contributed by atoms with Crippen molar-refractivity contribution >= 4 is 50.9 Å². The third-order valence-corrected chi connectivity index (χ3v) is 8.66. The molecular formula is C35H34BrCl2N3O6. The first-order valence-corrected chi connectivity index (χ1v) is 16.3. The third-order valence-electron chi connectivity index (χ3n) is 7.57. The molecule has 0 fully saturated rings. The molecule has 0 unspecified atom stereocenters. The highest BCUT2D eigenvalue weighted by Gasteiger charge is 2.54. The number of carbonyl (C=O) groups is 1. The monoisotopic (exact) mass is 741 g/mol. The maximum atomic E-state index is 14.5. The second-order valence-electron chi connectivity index (χ2n) is 10.8. The van der Waals surface area contributed by atoms with Crippen LogP contribution in [0.1, 0.15) is 34.8 Å². The molecule has 4 aromatic rings. The van der Waals surface area contributed by atoms with E-state index < -0.39 is 17.6 Å². The molecule has 0 bridgehead atoms. The van der Waals surface area contributed by atoms with Gasteiger partial charge in [-0.2, -0.15) is 0 Å². The number of aliphatic hydroxyl groups is 1. The Kier molecular flexibility index (Phi) is 11.7. The van der Waals surface area contributed by atoms with Crippen LogP contribution >= 0.6 is 39.1 Å². The van der Waals surface area contributed by atoms with Crippen molar-refractivity contribution in [2.24, 2.45) is 4.99 Å². The number of amides is 1. The maximum absolute atomic E-state index is 14.5. The molecule has 1 amide bonds. The van der Waals surface area contributed by atoms with Crippen LogP contribution in [0.25, 0.3) is 0 Å². The zero-order valence-corrected chi connectivity index (χ0v) is 28.9. The standard InChI is InChI=1S/C35H34BrCl2N3O6/c1-44-28-16-23(17-29(19-28)45-2)21-39-41-34(43)35(20-22-4-8-25(36)9-5-22)32(30-13-10-26(37)18-31(30)38)47-33(40-35)24-6-11-27(12-7-24)46-15-3-14-42/h4-13,16-19,32,39,42H,3,14-15,20-21H2,1-2H3,(H,41,43)/t32-,35-/m0/s1. The second-order valence-corrected chi connectivity index (χ2v) is 12.5. The van der Waals surface area contributed by atoms with Gasteiger partial charge in [0.15, 0.2) is 11.6 Å². The van der Waals surface area contributed by atoms with Crippen LogP contribution in [0, 0.1) is 0 Å². The van der Waals surface area contributed by atoms with E-state index in [0.29, 0.717) is 51.4 Å². The lowest BCUT2D eigenvalue weighted by atomic mass is 9.82. The summed E-state index contributed by atoms with van der Waals surface area (Å²) in [5.74, 6) is 1.73. The van der Waals surface area contributed by atoms with E-state index >= 15 is 0 Å². The van der Waals surface area contributed by atoms with Crippen molar-refractivity contribution in [3.63, 3.8) is 0 Å². The van der Waals surface area contributed by atoms with Crippen molar-refractivity contribution in [3.8, 4) is 17.2 Å². The second kappa shape index (κ2) is 15.9. The number of rotatable bonds is 14. The Bertz CT molecular complexity index is 1700. The van der Waals surface area contributed by atoms with Gasteiger partial charge in [0.1, 0.15) is 17.2 Å². The molecule has 0 saturated carbocycles. The van der Waals surface area contributed by atoms with Gasteiger partial charge >= 0.3 is 0 Å². The molecular weight excluding hydrogens is 709 g/mol. The van der Waals surface area contributed by atoms with Crippen LogP contribution in [-0.2, 0) is 22.5 Å². The largest absolute Gasteiger partial charge is 0.497 e. The van der Waals surface area contributed by atoms with Gasteiger partial charge in [0.2, 0.25) is 5.90 Å². The summed E-state index contributed by atoms with van der Waals surface area (Å²) in [6.07, 6.45) is -0.199. The predicted octanol–water partition coefficient (Wildman–Crippen LogP) is 6.85. The molecule has 3 N–H and O–H groups in total. The number of benzene rings is 4. The molecule has 1 aliphatic heterocycles. The van der Waals surface area contributed by atoms with Gasteiger partial charge < -0.3 is 24.1 Å². The molecule has 12 heteroatoms. The number of hydrogen-bond donors (Lipinski definition) is 3. The summed E-state index contributed by atoms with van der Waals surface area (Å²) in [6.45, 7) is 0.703. The Hall–Kier alpha value is -3.80. The summed E-state index contributed by atoms with van der Waals surface area (Å²) >= 11 is 16.5. The van der Waals surface area contributed by atoms with E-state index in [9.17, 15) is 4.79 Å². The summed E-state index contributed by atoms with van der Waals surface area (Å²) in [7, 11) is 3.16. The SMILES string of the molecule is COc1cc(CNNC(=O)[C@@]2(Cc3ccc(Br)cc3)N=C(c3ccc(OCCCO)cc3)O[C@H]2c2ccc(Cl)cc2Cl)cc(OC)c1. The zero-order chi connectivity index (χ0) is 33.4. The molecule has 0 aromatic heterocycles. The minimum atomic E-state index is -1.49. The molecule has 1 heterocycles. The third kappa shape index (κ3) is 8.38. The molecule has 5 rings (SSSR count). The number of hydrogen-bond acceptors (Lipinski definition) is 8. The summed E-state index contributed by atoms with van der Waals surface area (Å²) in [6, 6.07) is 25.5. The lowest BCUT2D eigenvalue weighted by Gasteiger charge is -2.31. The van der Waals surface area contributed by atoms with E-state index in [4.69, 9.17) is 52.2 Å². The van der Waals surface area contributed by atoms with Crippen LogP contribution in [0.3, 0.4) is 0 Å². The smallest absolute Gasteiger partial charge is 0.266 e.